The zero-order valence-corrected chi connectivity index (χ0v) is 15.9. The van der Waals surface area contributed by atoms with Crippen LogP contribution in [0.15, 0.2) is 29.3 Å². The van der Waals surface area contributed by atoms with Gasteiger partial charge < -0.3 is 5.11 Å². The van der Waals surface area contributed by atoms with Crippen LogP contribution in [-0.4, -0.2) is 22.8 Å². The fraction of sp³-hybridized carbons (Fsp3) is 0.727. The van der Waals surface area contributed by atoms with Crippen LogP contribution in [0.25, 0.3) is 0 Å². The number of allylic oxidation sites excluding steroid dienone is 1. The van der Waals surface area contributed by atoms with Gasteiger partial charge in [0.05, 0.1) is 5.41 Å². The number of unbranched alkanes of at least 4 members (excludes halogenated alkanes) is 4. The minimum atomic E-state index is -0.764. The maximum Gasteiger partial charge on any atom is 0.312 e. The normalized spacial score (nSPS) is 25.4. The Morgan fingerprint density at radius 1 is 1.20 bits per heavy atom. The zero-order chi connectivity index (χ0) is 18.2. The lowest BCUT2D eigenvalue weighted by Gasteiger charge is -2.45. The van der Waals surface area contributed by atoms with Gasteiger partial charge >= 0.3 is 5.97 Å². The van der Waals surface area contributed by atoms with E-state index in [4.69, 9.17) is 4.99 Å². The van der Waals surface area contributed by atoms with Gasteiger partial charge in [0.2, 0.25) is 0 Å². The Morgan fingerprint density at radius 3 is 2.48 bits per heavy atom. The zero-order valence-electron chi connectivity index (χ0n) is 15.9. The number of carbonyl (C=O) groups is 1. The summed E-state index contributed by atoms with van der Waals surface area (Å²) in [6.45, 7) is 6.17. The maximum atomic E-state index is 12.5. The molecule has 140 valence electrons. The van der Waals surface area contributed by atoms with Crippen LogP contribution >= 0.6 is 0 Å². The summed E-state index contributed by atoms with van der Waals surface area (Å²) in [6.07, 6.45) is 19.3. The van der Waals surface area contributed by atoms with Crippen molar-refractivity contribution in [1.29, 1.82) is 0 Å². The Morgan fingerprint density at radius 2 is 1.88 bits per heavy atom. The van der Waals surface area contributed by atoms with Crippen molar-refractivity contribution < 1.29 is 9.90 Å². The largest absolute Gasteiger partial charge is 0.481 e. The molecule has 0 spiro atoms. The van der Waals surface area contributed by atoms with E-state index in [9.17, 15) is 9.90 Å². The second-order valence-electron chi connectivity index (χ2n) is 7.79. The highest BCUT2D eigenvalue weighted by atomic mass is 16.4. The molecule has 0 amide bonds. The summed E-state index contributed by atoms with van der Waals surface area (Å²) in [6, 6.07) is 0. The first kappa shape index (κ1) is 19.9. The second-order valence-corrected chi connectivity index (χ2v) is 7.79. The summed E-state index contributed by atoms with van der Waals surface area (Å²) in [7, 11) is 0. The molecule has 25 heavy (non-hydrogen) atoms. The Bertz CT molecular complexity index is 512. The third-order valence-electron chi connectivity index (χ3n) is 6.25. The molecule has 1 fully saturated rings. The lowest BCUT2D eigenvalue weighted by atomic mass is 9.60. The third-order valence-corrected chi connectivity index (χ3v) is 6.25. The van der Waals surface area contributed by atoms with Crippen molar-refractivity contribution in [3.05, 3.63) is 24.3 Å². The fourth-order valence-electron chi connectivity index (χ4n) is 4.84. The van der Waals surface area contributed by atoms with E-state index in [2.05, 4.69) is 19.6 Å². The van der Waals surface area contributed by atoms with E-state index in [1.165, 1.54) is 31.3 Å². The van der Waals surface area contributed by atoms with Crippen LogP contribution in [0.4, 0.5) is 0 Å². The van der Waals surface area contributed by atoms with Crippen molar-refractivity contribution in [3.8, 4) is 0 Å². The summed E-state index contributed by atoms with van der Waals surface area (Å²) < 4.78 is 0. The second kappa shape index (κ2) is 9.35. The van der Waals surface area contributed by atoms with E-state index in [1.54, 1.807) is 0 Å². The predicted molar refractivity (Wildman–Crippen MR) is 105 cm³/mol. The van der Waals surface area contributed by atoms with Gasteiger partial charge in [-0.3, -0.25) is 9.79 Å². The van der Waals surface area contributed by atoms with Crippen LogP contribution in [0.1, 0.15) is 90.4 Å². The van der Waals surface area contributed by atoms with E-state index >= 15 is 0 Å². The van der Waals surface area contributed by atoms with E-state index in [0.29, 0.717) is 6.42 Å². The number of carboxylic acid groups (broad SMARTS) is 1. The van der Waals surface area contributed by atoms with Crippen molar-refractivity contribution in [2.24, 2.45) is 10.4 Å². The first-order valence-electron chi connectivity index (χ1n) is 10.2. The Kier molecular flexibility index (Phi) is 7.46. The highest BCUT2D eigenvalue weighted by Crippen LogP contribution is 2.54. The monoisotopic (exact) mass is 345 g/mol. The van der Waals surface area contributed by atoms with Crippen LogP contribution in [0.3, 0.4) is 0 Å². The van der Waals surface area contributed by atoms with Crippen molar-refractivity contribution in [3.63, 3.8) is 0 Å². The number of hydrogen-bond acceptors (Lipinski definition) is 2. The Labute approximate surface area is 153 Å². The van der Waals surface area contributed by atoms with Crippen LogP contribution in [0.2, 0.25) is 0 Å². The first-order chi connectivity index (χ1) is 12.1. The highest BCUT2D eigenvalue weighted by Gasteiger charge is 2.58. The van der Waals surface area contributed by atoms with Crippen molar-refractivity contribution >= 4 is 12.2 Å². The van der Waals surface area contributed by atoms with Crippen LogP contribution in [-0.2, 0) is 4.79 Å². The molecule has 1 unspecified atom stereocenters. The molecule has 2 aliphatic rings. The molecule has 3 heteroatoms. The van der Waals surface area contributed by atoms with E-state index < -0.39 is 16.9 Å². The molecule has 1 aliphatic carbocycles. The molecule has 3 nitrogen and oxygen atoms in total. The van der Waals surface area contributed by atoms with Crippen molar-refractivity contribution in [2.75, 3.05) is 0 Å². The third kappa shape index (κ3) is 4.07. The highest BCUT2D eigenvalue weighted by molar-refractivity contribution is 5.84. The molecule has 2 rings (SSSR count). The number of aliphatic carboxylic acids is 1. The molecule has 1 N–H and O–H groups in total. The molecule has 0 radical (unpaired) electrons. The summed E-state index contributed by atoms with van der Waals surface area (Å²) >= 11 is 0. The van der Waals surface area contributed by atoms with Crippen LogP contribution in [0, 0.1) is 5.41 Å². The number of carboxylic acids is 1. The van der Waals surface area contributed by atoms with Crippen LogP contribution in [0.5, 0.6) is 0 Å². The first-order valence-corrected chi connectivity index (χ1v) is 10.2. The van der Waals surface area contributed by atoms with Gasteiger partial charge in [0.15, 0.2) is 0 Å². The minimum absolute atomic E-state index is 0.602. The quantitative estimate of drug-likeness (QED) is 0.295. The van der Waals surface area contributed by atoms with Gasteiger partial charge in [0.25, 0.3) is 0 Å². The van der Waals surface area contributed by atoms with Gasteiger partial charge in [-0.1, -0.05) is 64.4 Å². The number of rotatable bonds is 10. The molecule has 0 aromatic rings. The number of aliphatic imine (C=N–C) groups is 1. The molecular formula is C22H35NO2. The molecule has 0 bridgehead atoms. The minimum Gasteiger partial charge on any atom is -0.481 e. The standard InChI is InChI=1S/C22H35NO2/c1-3-5-6-7-10-13-19-14-18-23-22(19,15-4-2)21(20(24)25)16-11-8-9-12-17-21/h4,14,18H,2-3,5-13,15-17H2,1H3,(H,24,25). The molecule has 1 heterocycles. The molecule has 0 saturated heterocycles. The summed E-state index contributed by atoms with van der Waals surface area (Å²) in [5.74, 6) is -0.660. The summed E-state index contributed by atoms with van der Waals surface area (Å²) in [5, 5.41) is 10.3. The van der Waals surface area contributed by atoms with Gasteiger partial charge in [-0.05, 0) is 43.8 Å². The number of hydrogen-bond donors (Lipinski definition) is 1. The lowest BCUT2D eigenvalue weighted by molar-refractivity contribution is -0.153. The van der Waals surface area contributed by atoms with Gasteiger partial charge in [-0.2, -0.15) is 0 Å². The Hall–Kier alpha value is -1.38. The summed E-state index contributed by atoms with van der Waals surface area (Å²) in [4.78, 5) is 17.4. The SMILES string of the molecule is C=CCC1(C2(C(=O)O)CCCCCC2)N=CC=C1CCCCCCC. The molecule has 1 saturated carbocycles. The predicted octanol–water partition coefficient (Wildman–Crippen LogP) is 6.10. The smallest absolute Gasteiger partial charge is 0.312 e. The average molecular weight is 346 g/mol. The molecular weight excluding hydrogens is 310 g/mol. The van der Waals surface area contributed by atoms with Crippen molar-refractivity contribution in [2.45, 2.75) is 95.9 Å². The maximum absolute atomic E-state index is 12.5. The average Bonchev–Trinajstić information content (AvgIpc) is 2.83. The van der Waals surface area contributed by atoms with Gasteiger partial charge in [0, 0.05) is 6.21 Å². The van der Waals surface area contributed by atoms with E-state index in [-0.39, 0.29) is 0 Å². The lowest BCUT2D eigenvalue weighted by Crippen LogP contribution is -2.52. The topological polar surface area (TPSA) is 49.7 Å². The fourth-order valence-corrected chi connectivity index (χ4v) is 4.84. The van der Waals surface area contributed by atoms with E-state index in [0.717, 1.165) is 51.4 Å². The van der Waals surface area contributed by atoms with Gasteiger partial charge in [0.1, 0.15) is 5.54 Å². The molecule has 0 aromatic carbocycles. The van der Waals surface area contributed by atoms with E-state index in [1.807, 2.05) is 12.3 Å². The van der Waals surface area contributed by atoms with Crippen LogP contribution < -0.4 is 0 Å². The molecule has 1 aliphatic heterocycles. The van der Waals surface area contributed by atoms with Crippen molar-refractivity contribution in [1.82, 2.24) is 0 Å². The summed E-state index contributed by atoms with van der Waals surface area (Å²) in [5.41, 5.74) is -0.136. The number of nitrogens with zero attached hydrogens (tertiary/aromatic N) is 1. The molecule has 1 atom stereocenters. The molecule has 0 aromatic heterocycles. The van der Waals surface area contributed by atoms with Gasteiger partial charge in [-0.25, -0.2) is 0 Å². The van der Waals surface area contributed by atoms with Gasteiger partial charge in [-0.15, -0.1) is 6.58 Å². The Balaban J connectivity index is 2.25.